The first-order valence-corrected chi connectivity index (χ1v) is 7.36. The highest BCUT2D eigenvalue weighted by molar-refractivity contribution is 5.95. The molecule has 136 valence electrons. The highest BCUT2D eigenvalue weighted by Crippen LogP contribution is 2.29. The summed E-state index contributed by atoms with van der Waals surface area (Å²) >= 11 is 0. The number of nitro groups is 2. The first-order chi connectivity index (χ1) is 12.3. The number of non-ortho nitro benzene ring substituents is 2. The van der Waals surface area contributed by atoms with Gasteiger partial charge in [0.1, 0.15) is 11.5 Å². The summed E-state index contributed by atoms with van der Waals surface area (Å²) in [6, 6.07) is 9.19. The molecule has 1 atom stereocenters. The Morgan fingerprint density at radius 1 is 1.08 bits per heavy atom. The van der Waals surface area contributed by atoms with Crippen LogP contribution in [0.15, 0.2) is 42.5 Å². The predicted octanol–water partition coefficient (Wildman–Crippen LogP) is 2.92. The molecule has 0 unspecified atom stereocenters. The van der Waals surface area contributed by atoms with Gasteiger partial charge in [-0.3, -0.25) is 25.0 Å². The van der Waals surface area contributed by atoms with Gasteiger partial charge in [-0.2, -0.15) is 0 Å². The van der Waals surface area contributed by atoms with Crippen LogP contribution >= 0.6 is 0 Å². The van der Waals surface area contributed by atoms with Crippen LogP contribution in [0.5, 0.6) is 11.5 Å². The molecule has 2 aromatic rings. The van der Waals surface area contributed by atoms with Gasteiger partial charge in [0.15, 0.2) is 6.10 Å². The molecule has 10 heteroatoms. The maximum Gasteiger partial charge on any atom is 0.273 e. The van der Waals surface area contributed by atoms with E-state index in [1.807, 2.05) is 0 Å². The minimum Gasteiger partial charge on any atom is -0.494 e. The number of nitrogens with zero attached hydrogens (tertiary/aromatic N) is 2. The summed E-state index contributed by atoms with van der Waals surface area (Å²) in [6.07, 6.45) is -0.975. The number of ether oxygens (including phenoxy) is 2. The molecule has 0 aliphatic heterocycles. The fraction of sp³-hybridized carbons (Fsp3) is 0.188. The van der Waals surface area contributed by atoms with Crippen LogP contribution in [0.3, 0.4) is 0 Å². The molecule has 0 aliphatic carbocycles. The van der Waals surface area contributed by atoms with E-state index in [-0.39, 0.29) is 28.6 Å². The summed E-state index contributed by atoms with van der Waals surface area (Å²) in [7, 11) is 1.32. The summed E-state index contributed by atoms with van der Waals surface area (Å²) in [5, 5.41) is 24.1. The maximum absolute atomic E-state index is 12.3. The molecule has 10 nitrogen and oxygen atoms in total. The van der Waals surface area contributed by atoms with Crippen molar-refractivity contribution in [2.75, 3.05) is 12.4 Å². The van der Waals surface area contributed by atoms with E-state index >= 15 is 0 Å². The Morgan fingerprint density at radius 3 is 2.35 bits per heavy atom. The molecule has 0 aromatic heterocycles. The lowest BCUT2D eigenvalue weighted by Gasteiger charge is -2.16. The molecule has 0 saturated heterocycles. The fourth-order valence-corrected chi connectivity index (χ4v) is 2.06. The van der Waals surface area contributed by atoms with Crippen LogP contribution in [0.1, 0.15) is 6.92 Å². The van der Waals surface area contributed by atoms with Crippen molar-refractivity contribution in [3.63, 3.8) is 0 Å². The molecule has 0 bridgehead atoms. The molecular weight excluding hydrogens is 346 g/mol. The first-order valence-electron chi connectivity index (χ1n) is 7.36. The van der Waals surface area contributed by atoms with Crippen molar-refractivity contribution in [3.8, 4) is 11.5 Å². The van der Waals surface area contributed by atoms with Gasteiger partial charge in [-0.05, 0) is 19.1 Å². The molecule has 1 amide bonds. The number of rotatable bonds is 7. The van der Waals surface area contributed by atoms with Gasteiger partial charge >= 0.3 is 0 Å². The second-order valence-corrected chi connectivity index (χ2v) is 5.15. The Hall–Kier alpha value is -3.69. The molecule has 0 aliphatic rings. The quantitative estimate of drug-likeness (QED) is 0.592. The molecule has 0 fully saturated rings. The van der Waals surface area contributed by atoms with E-state index in [0.717, 1.165) is 0 Å². The standard InChI is InChI=1S/C16H15N3O7/c1-10(26-13-5-3-4-11(8-13)18(21)22)16(20)17-14-7-6-12(19(23)24)9-15(14)25-2/h3-10H,1-2H3,(H,17,20)/t10-/m1/s1. The number of methoxy groups -OCH3 is 1. The van der Waals surface area contributed by atoms with E-state index < -0.39 is 21.9 Å². The van der Waals surface area contributed by atoms with Gasteiger partial charge in [0, 0.05) is 12.1 Å². The van der Waals surface area contributed by atoms with E-state index in [9.17, 15) is 25.0 Å². The van der Waals surface area contributed by atoms with Crippen LogP contribution in [-0.4, -0.2) is 29.0 Å². The number of nitro benzene ring substituents is 2. The molecule has 0 radical (unpaired) electrons. The largest absolute Gasteiger partial charge is 0.494 e. The molecule has 2 rings (SSSR count). The Kier molecular flexibility index (Phi) is 5.68. The van der Waals surface area contributed by atoms with E-state index in [4.69, 9.17) is 9.47 Å². The van der Waals surface area contributed by atoms with Crippen molar-refractivity contribution in [1.82, 2.24) is 0 Å². The zero-order chi connectivity index (χ0) is 19.3. The minimum absolute atomic E-state index is 0.120. The van der Waals surface area contributed by atoms with Gasteiger partial charge in [0.05, 0.1) is 34.8 Å². The van der Waals surface area contributed by atoms with E-state index in [0.29, 0.717) is 0 Å². The number of carbonyl (C=O) groups is 1. The third kappa shape index (κ3) is 4.44. The third-order valence-electron chi connectivity index (χ3n) is 3.36. The number of hydrogen-bond acceptors (Lipinski definition) is 7. The lowest BCUT2D eigenvalue weighted by molar-refractivity contribution is -0.385. The number of anilines is 1. The van der Waals surface area contributed by atoms with Gasteiger partial charge < -0.3 is 14.8 Å². The normalized spacial score (nSPS) is 11.3. The third-order valence-corrected chi connectivity index (χ3v) is 3.36. The lowest BCUT2D eigenvalue weighted by atomic mass is 10.2. The molecule has 1 N–H and O–H groups in total. The van der Waals surface area contributed by atoms with Gasteiger partial charge in [-0.1, -0.05) is 6.07 Å². The summed E-state index contributed by atoms with van der Waals surface area (Å²) in [6.45, 7) is 1.46. The Labute approximate surface area is 147 Å². The average molecular weight is 361 g/mol. The van der Waals surface area contributed by atoms with Crippen molar-refractivity contribution in [1.29, 1.82) is 0 Å². The van der Waals surface area contributed by atoms with Crippen molar-refractivity contribution in [2.24, 2.45) is 0 Å². The van der Waals surface area contributed by atoms with Gasteiger partial charge in [0.25, 0.3) is 17.3 Å². The Bertz CT molecular complexity index is 853. The number of nitrogens with one attached hydrogen (secondary N) is 1. The SMILES string of the molecule is COc1cc([N+](=O)[O-])ccc1NC(=O)[C@@H](C)Oc1cccc([N+](=O)[O-])c1. The monoisotopic (exact) mass is 361 g/mol. The lowest BCUT2D eigenvalue weighted by Crippen LogP contribution is -2.30. The summed E-state index contributed by atoms with van der Waals surface area (Å²) in [5.41, 5.74) is -0.106. The van der Waals surface area contributed by atoms with Crippen LogP contribution in [0.4, 0.5) is 17.1 Å². The van der Waals surface area contributed by atoms with Gasteiger partial charge in [0.2, 0.25) is 0 Å². The van der Waals surface area contributed by atoms with Gasteiger partial charge in [-0.25, -0.2) is 0 Å². The fourth-order valence-electron chi connectivity index (χ4n) is 2.06. The molecule has 0 saturated carbocycles. The second kappa shape index (κ2) is 7.92. The summed E-state index contributed by atoms with van der Waals surface area (Å²) in [5.74, 6) is -0.267. The van der Waals surface area contributed by atoms with Crippen LogP contribution in [-0.2, 0) is 4.79 Å². The Balaban J connectivity index is 2.11. The van der Waals surface area contributed by atoms with E-state index in [1.165, 1.54) is 56.5 Å². The van der Waals surface area contributed by atoms with Gasteiger partial charge in [-0.15, -0.1) is 0 Å². The van der Waals surface area contributed by atoms with Crippen LogP contribution in [0, 0.1) is 20.2 Å². The highest BCUT2D eigenvalue weighted by atomic mass is 16.6. The van der Waals surface area contributed by atoms with Crippen molar-refractivity contribution in [2.45, 2.75) is 13.0 Å². The van der Waals surface area contributed by atoms with E-state index in [2.05, 4.69) is 5.32 Å². The maximum atomic E-state index is 12.3. The smallest absolute Gasteiger partial charge is 0.273 e. The molecule has 0 heterocycles. The Morgan fingerprint density at radius 2 is 1.73 bits per heavy atom. The zero-order valence-electron chi connectivity index (χ0n) is 13.9. The predicted molar refractivity (Wildman–Crippen MR) is 91.5 cm³/mol. The molecular formula is C16H15N3O7. The topological polar surface area (TPSA) is 134 Å². The van der Waals surface area contributed by atoms with Crippen molar-refractivity contribution < 1.29 is 24.1 Å². The molecule has 26 heavy (non-hydrogen) atoms. The number of benzene rings is 2. The van der Waals surface area contributed by atoms with Crippen molar-refractivity contribution in [3.05, 3.63) is 62.7 Å². The second-order valence-electron chi connectivity index (χ2n) is 5.15. The highest BCUT2D eigenvalue weighted by Gasteiger charge is 2.19. The zero-order valence-corrected chi connectivity index (χ0v) is 13.9. The summed E-state index contributed by atoms with van der Waals surface area (Å²) in [4.78, 5) is 32.7. The van der Waals surface area contributed by atoms with Crippen LogP contribution in [0.25, 0.3) is 0 Å². The van der Waals surface area contributed by atoms with Crippen LogP contribution < -0.4 is 14.8 Å². The first kappa shape index (κ1) is 18.6. The van der Waals surface area contributed by atoms with Crippen LogP contribution in [0.2, 0.25) is 0 Å². The number of carbonyl (C=O) groups excluding carboxylic acids is 1. The molecule has 2 aromatic carbocycles. The number of amides is 1. The summed E-state index contributed by atoms with van der Waals surface area (Å²) < 4.78 is 10.5. The average Bonchev–Trinajstić information content (AvgIpc) is 2.61. The minimum atomic E-state index is -0.975. The van der Waals surface area contributed by atoms with E-state index in [1.54, 1.807) is 0 Å². The molecule has 0 spiro atoms. The van der Waals surface area contributed by atoms with Crippen molar-refractivity contribution >= 4 is 23.0 Å². The number of hydrogen-bond donors (Lipinski definition) is 1.